The van der Waals surface area contributed by atoms with Crippen molar-refractivity contribution in [3.63, 3.8) is 0 Å². The van der Waals surface area contributed by atoms with Crippen LogP contribution < -0.4 is 21.3 Å². The topological polar surface area (TPSA) is 48.1 Å². The summed E-state index contributed by atoms with van der Waals surface area (Å²) in [7, 11) is 0. The minimum atomic E-state index is 0. The fourth-order valence-electron chi connectivity index (χ4n) is 1.06. The Balaban J connectivity index is -0.0000000920. The Morgan fingerprint density at radius 2 is 0.750 bits per heavy atom. The van der Waals surface area contributed by atoms with E-state index in [1.807, 2.05) is 0 Å². The molecule has 28 heavy (non-hydrogen) atoms. The molecule has 4 nitrogen and oxygen atoms in total. The molecule has 0 unspecified atom stereocenters. The monoisotopic (exact) mass is 622 g/mol. The van der Waals surface area contributed by atoms with Gasteiger partial charge in [0.1, 0.15) is 0 Å². The second-order valence-corrected chi connectivity index (χ2v) is 8.86. The van der Waals surface area contributed by atoms with Gasteiger partial charge in [0, 0.05) is 26.2 Å². The predicted molar refractivity (Wildman–Crippen MR) is 142 cm³/mol. The van der Waals surface area contributed by atoms with E-state index in [2.05, 4.69) is 135 Å². The second kappa shape index (κ2) is 33.1. The third-order valence-electron chi connectivity index (χ3n) is 2.26. The van der Waals surface area contributed by atoms with Crippen molar-refractivity contribution in [2.75, 3.05) is 26.2 Å². The summed E-state index contributed by atoms with van der Waals surface area (Å²) in [5.74, 6) is 0. The SMILES string of the molecule is CCCCNC(=S)[S-].CCCCNC(=S)[S-].S=C([S-])NCCNC(=S)[S-].[Ni+2].[Ni+2]. The number of unbranched alkanes of at least 4 members (excludes halogenated alkanes) is 2. The first kappa shape index (κ1) is 39.9. The minimum absolute atomic E-state index is 0. The molecule has 0 atom stereocenters. The van der Waals surface area contributed by atoms with Gasteiger partial charge < -0.3 is 121 Å². The summed E-state index contributed by atoms with van der Waals surface area (Å²) in [5.41, 5.74) is 0. The van der Waals surface area contributed by atoms with E-state index in [0.717, 1.165) is 25.9 Å². The van der Waals surface area contributed by atoms with Crippen molar-refractivity contribution in [3.8, 4) is 0 Å². The molecule has 0 spiro atoms. The van der Waals surface area contributed by atoms with Crippen LogP contribution >= 0.6 is 48.9 Å². The fourth-order valence-corrected chi connectivity index (χ4v) is 1.88. The molecular weight excluding hydrogens is 598 g/mol. The average Bonchev–Trinajstić information content (AvgIpc) is 2.52. The Morgan fingerprint density at radius 3 is 0.929 bits per heavy atom. The van der Waals surface area contributed by atoms with Crippen LogP contribution in [0.5, 0.6) is 0 Å². The molecule has 0 aromatic rings. The quantitative estimate of drug-likeness (QED) is 0.132. The van der Waals surface area contributed by atoms with Gasteiger partial charge in [-0.2, -0.15) is 0 Å². The molecule has 0 fully saturated rings. The molecule has 0 aliphatic carbocycles. The molecule has 0 aliphatic heterocycles. The maximum Gasteiger partial charge on any atom is 2.00 e. The Kier molecular flexibility index (Phi) is 47.1. The average molecular weight is 624 g/mol. The maximum absolute atomic E-state index is 4.61. The summed E-state index contributed by atoms with van der Waals surface area (Å²) in [6.45, 7) is 7.46. The van der Waals surface area contributed by atoms with E-state index < -0.39 is 0 Å². The molecule has 0 saturated carbocycles. The third-order valence-corrected chi connectivity index (χ3v) is 3.42. The predicted octanol–water partition coefficient (Wildman–Crippen LogP) is 2.24. The van der Waals surface area contributed by atoms with Crippen molar-refractivity contribution in [2.45, 2.75) is 39.5 Å². The maximum atomic E-state index is 4.61. The van der Waals surface area contributed by atoms with E-state index in [9.17, 15) is 0 Å². The van der Waals surface area contributed by atoms with E-state index in [-0.39, 0.29) is 33.0 Å². The zero-order valence-electron chi connectivity index (χ0n) is 15.6. The summed E-state index contributed by atoms with van der Waals surface area (Å²) < 4.78 is 1.71. The van der Waals surface area contributed by atoms with Gasteiger partial charge in [0.2, 0.25) is 0 Å². The largest absolute Gasteiger partial charge is 2.00 e. The molecule has 4 N–H and O–H groups in total. The van der Waals surface area contributed by atoms with E-state index in [4.69, 9.17) is 0 Å². The Bertz CT molecular complexity index is 368. The molecule has 0 aromatic carbocycles. The molecule has 0 bridgehead atoms. The molecule has 14 heteroatoms. The molecule has 0 heterocycles. The van der Waals surface area contributed by atoms with Crippen LogP contribution in [-0.4, -0.2) is 43.5 Å². The van der Waals surface area contributed by atoms with E-state index in [1.54, 1.807) is 0 Å². The van der Waals surface area contributed by atoms with Gasteiger partial charge in [0.05, 0.1) is 0 Å². The molecule has 170 valence electrons. The second-order valence-electron chi connectivity index (χ2n) is 4.56. The first-order chi connectivity index (χ1) is 12.2. The minimum Gasteiger partial charge on any atom is -0.412 e. The summed E-state index contributed by atoms with van der Waals surface area (Å²) >= 11 is 36.8. The number of thiocarbonyl (C=S) groups is 4. The summed E-state index contributed by atoms with van der Waals surface area (Å²) in [5, 5.41) is 11.3. The Hall–Kier alpha value is 1.43. The Labute approximate surface area is 234 Å². The van der Waals surface area contributed by atoms with Crippen LogP contribution in [0.25, 0.3) is 0 Å². The zero-order chi connectivity index (χ0) is 20.8. The number of hydrogen-bond acceptors (Lipinski definition) is 8. The number of hydrogen-bond donors (Lipinski definition) is 4. The smallest absolute Gasteiger partial charge is 0.412 e. The standard InChI is InChI=1S/2C5H11NS2.C4H8N2S4.2Ni/c2*1-2-3-4-6-5(7)8;7-3(8)5-1-2-6-4(9)10;;/h2*2-4H2,1H3,(H2,6,7,8);1-2H2,(H2,5,7,8)(H2,6,9,10);;/q;;;2*+2/p-4. The summed E-state index contributed by atoms with van der Waals surface area (Å²) in [4.78, 5) is 0. The Morgan fingerprint density at radius 1 is 0.536 bits per heavy atom. The van der Waals surface area contributed by atoms with Crippen molar-refractivity contribution in [1.82, 2.24) is 21.3 Å². The van der Waals surface area contributed by atoms with Gasteiger partial charge in [-0.25, -0.2) is 0 Å². The normalized spacial score (nSPS) is 7.93. The zero-order valence-corrected chi connectivity index (χ0v) is 24.1. The molecular formula is C14H26N4Ni2S8. The van der Waals surface area contributed by atoms with Crippen molar-refractivity contribution in [3.05, 3.63) is 0 Å². The van der Waals surface area contributed by atoms with Gasteiger partial charge in [0.15, 0.2) is 0 Å². The molecule has 0 saturated heterocycles. The molecule has 0 radical (unpaired) electrons. The first-order valence-electron chi connectivity index (χ1n) is 7.96. The van der Waals surface area contributed by atoms with Crippen LogP contribution in [0.1, 0.15) is 39.5 Å². The van der Waals surface area contributed by atoms with Gasteiger partial charge in [0.25, 0.3) is 0 Å². The van der Waals surface area contributed by atoms with Crippen LogP contribution in [-0.2, 0) is 83.5 Å². The fraction of sp³-hybridized carbons (Fsp3) is 0.714. The van der Waals surface area contributed by atoms with Gasteiger partial charge >= 0.3 is 33.0 Å². The van der Waals surface area contributed by atoms with Crippen molar-refractivity contribution < 1.29 is 33.0 Å². The molecule has 0 amide bonds. The summed E-state index contributed by atoms with van der Waals surface area (Å²) in [6, 6.07) is 0. The van der Waals surface area contributed by atoms with Crippen molar-refractivity contribution in [1.29, 1.82) is 0 Å². The number of rotatable bonds is 9. The van der Waals surface area contributed by atoms with Crippen LogP contribution in [0.4, 0.5) is 0 Å². The van der Waals surface area contributed by atoms with E-state index in [1.165, 1.54) is 12.8 Å². The molecule has 0 aromatic heterocycles. The van der Waals surface area contributed by atoms with Crippen LogP contribution in [0, 0.1) is 0 Å². The summed E-state index contributed by atoms with van der Waals surface area (Å²) in [6.07, 6.45) is 4.67. The van der Waals surface area contributed by atoms with Gasteiger partial charge in [-0.1, -0.05) is 44.0 Å². The van der Waals surface area contributed by atoms with Gasteiger partial charge in [-0.05, 0) is 12.8 Å². The third kappa shape index (κ3) is 56.4. The number of nitrogens with one attached hydrogen (secondary N) is 4. The van der Waals surface area contributed by atoms with Crippen molar-refractivity contribution >= 4 is 117 Å². The van der Waals surface area contributed by atoms with Crippen LogP contribution in [0.15, 0.2) is 0 Å². The first-order valence-corrected chi connectivity index (χ1v) is 11.2. The van der Waals surface area contributed by atoms with Gasteiger partial charge in [-0.15, -0.1) is 0 Å². The van der Waals surface area contributed by atoms with E-state index in [0.29, 0.717) is 30.4 Å². The molecule has 0 rings (SSSR count). The van der Waals surface area contributed by atoms with Crippen molar-refractivity contribution in [2.24, 2.45) is 0 Å². The molecule has 0 aliphatic rings. The van der Waals surface area contributed by atoms with Crippen LogP contribution in [0.3, 0.4) is 0 Å². The van der Waals surface area contributed by atoms with E-state index >= 15 is 0 Å². The van der Waals surface area contributed by atoms with Crippen LogP contribution in [0.2, 0.25) is 0 Å². The van der Waals surface area contributed by atoms with Gasteiger partial charge in [-0.3, -0.25) is 0 Å².